The third-order valence-corrected chi connectivity index (χ3v) is 4.28. The predicted octanol–water partition coefficient (Wildman–Crippen LogP) is 3.20. The van der Waals surface area contributed by atoms with E-state index in [2.05, 4.69) is 30.4 Å². The fraction of sp³-hybridized carbons (Fsp3) is 0.316. The molecule has 0 radical (unpaired) electrons. The number of ether oxygens (including phenoxy) is 2. The molecule has 0 spiro atoms. The monoisotopic (exact) mass is 326 g/mol. The summed E-state index contributed by atoms with van der Waals surface area (Å²) >= 11 is 0. The van der Waals surface area contributed by atoms with E-state index < -0.39 is 0 Å². The number of methoxy groups -OCH3 is 1. The molecular weight excluding hydrogens is 304 g/mol. The van der Waals surface area contributed by atoms with Gasteiger partial charge < -0.3 is 19.7 Å². The number of rotatable bonds is 2. The van der Waals surface area contributed by atoms with E-state index >= 15 is 0 Å². The van der Waals surface area contributed by atoms with Gasteiger partial charge in [0.15, 0.2) is 11.5 Å². The first-order valence-corrected chi connectivity index (χ1v) is 8.00. The Morgan fingerprint density at radius 3 is 2.79 bits per heavy atom. The molecule has 0 atom stereocenters. The van der Waals surface area contributed by atoms with E-state index in [0.29, 0.717) is 25.4 Å². The summed E-state index contributed by atoms with van der Waals surface area (Å²) < 4.78 is 11.4. The average Bonchev–Trinajstić information content (AvgIpc) is 2.83. The zero-order chi connectivity index (χ0) is 17.1. The highest BCUT2D eigenvalue weighted by Gasteiger charge is 2.23. The van der Waals surface area contributed by atoms with Gasteiger partial charge >= 0.3 is 6.03 Å². The van der Waals surface area contributed by atoms with E-state index in [1.54, 1.807) is 19.1 Å². The van der Waals surface area contributed by atoms with E-state index in [0.717, 1.165) is 22.4 Å². The standard InChI is InChI=1S/C19H22N2O3/c1-13-6-4-5-7-16(13)14-10-15-12-21(19(22)20-2)8-9-24-18(15)17(11-14)23-3/h4-7,10-11H,8-9,12H2,1-3H3,(H,20,22). The lowest BCUT2D eigenvalue weighted by Gasteiger charge is -2.19. The summed E-state index contributed by atoms with van der Waals surface area (Å²) in [4.78, 5) is 13.8. The highest BCUT2D eigenvalue weighted by molar-refractivity contribution is 5.75. The molecule has 5 nitrogen and oxygen atoms in total. The highest BCUT2D eigenvalue weighted by atomic mass is 16.5. The van der Waals surface area contributed by atoms with Crippen molar-refractivity contribution in [2.45, 2.75) is 13.5 Å². The van der Waals surface area contributed by atoms with Gasteiger partial charge in [0.2, 0.25) is 0 Å². The summed E-state index contributed by atoms with van der Waals surface area (Å²) in [5, 5.41) is 2.68. The van der Waals surface area contributed by atoms with Crippen molar-refractivity contribution in [1.29, 1.82) is 0 Å². The zero-order valence-corrected chi connectivity index (χ0v) is 14.3. The van der Waals surface area contributed by atoms with Crippen LogP contribution >= 0.6 is 0 Å². The second-order valence-electron chi connectivity index (χ2n) is 5.81. The van der Waals surface area contributed by atoms with E-state index in [9.17, 15) is 4.79 Å². The Hall–Kier alpha value is -2.69. The summed E-state index contributed by atoms with van der Waals surface area (Å²) in [6, 6.07) is 12.2. The predicted molar refractivity (Wildman–Crippen MR) is 93.5 cm³/mol. The van der Waals surface area contributed by atoms with Crippen molar-refractivity contribution in [1.82, 2.24) is 10.2 Å². The molecule has 2 amide bonds. The Morgan fingerprint density at radius 1 is 1.29 bits per heavy atom. The van der Waals surface area contributed by atoms with Crippen molar-refractivity contribution in [3.8, 4) is 22.6 Å². The van der Waals surface area contributed by atoms with Crippen LogP contribution in [0.1, 0.15) is 11.1 Å². The number of amides is 2. The van der Waals surface area contributed by atoms with E-state index in [1.807, 2.05) is 18.2 Å². The molecule has 1 aliphatic rings. The lowest BCUT2D eigenvalue weighted by Crippen LogP contribution is -2.38. The van der Waals surface area contributed by atoms with Crippen LogP contribution in [0.15, 0.2) is 36.4 Å². The minimum atomic E-state index is -0.105. The lowest BCUT2D eigenvalue weighted by atomic mass is 9.98. The Labute approximate surface area is 142 Å². The molecule has 2 aromatic rings. The number of aryl methyl sites for hydroxylation is 1. The zero-order valence-electron chi connectivity index (χ0n) is 14.3. The highest BCUT2D eigenvalue weighted by Crippen LogP contribution is 2.39. The van der Waals surface area contributed by atoms with Crippen LogP contribution in [0.5, 0.6) is 11.5 Å². The number of nitrogens with zero attached hydrogens (tertiary/aromatic N) is 1. The van der Waals surface area contributed by atoms with Gasteiger partial charge in [-0.2, -0.15) is 0 Å². The van der Waals surface area contributed by atoms with Crippen molar-refractivity contribution in [3.63, 3.8) is 0 Å². The Morgan fingerprint density at radius 2 is 2.08 bits per heavy atom. The van der Waals surface area contributed by atoms with Crippen molar-refractivity contribution >= 4 is 6.03 Å². The summed E-state index contributed by atoms with van der Waals surface area (Å²) in [6.45, 7) is 3.56. The number of fused-ring (bicyclic) bond motifs is 1. The first kappa shape index (κ1) is 16.2. The van der Waals surface area contributed by atoms with Crippen molar-refractivity contribution in [2.24, 2.45) is 0 Å². The third kappa shape index (κ3) is 3.02. The van der Waals surface area contributed by atoms with Gasteiger partial charge in [-0.05, 0) is 35.7 Å². The van der Waals surface area contributed by atoms with Crippen LogP contribution in [0, 0.1) is 6.92 Å². The maximum atomic E-state index is 12.0. The molecule has 1 N–H and O–H groups in total. The third-order valence-electron chi connectivity index (χ3n) is 4.28. The fourth-order valence-corrected chi connectivity index (χ4v) is 3.02. The van der Waals surface area contributed by atoms with E-state index in [4.69, 9.17) is 9.47 Å². The number of hydrogen-bond donors (Lipinski definition) is 1. The van der Waals surface area contributed by atoms with E-state index in [1.165, 1.54) is 5.56 Å². The number of hydrogen-bond acceptors (Lipinski definition) is 3. The number of nitrogens with one attached hydrogen (secondary N) is 1. The molecule has 0 aromatic heterocycles. The normalized spacial score (nSPS) is 13.5. The summed E-state index contributed by atoms with van der Waals surface area (Å²) in [6.07, 6.45) is 0. The Balaban J connectivity index is 2.08. The SMILES string of the molecule is CNC(=O)N1CCOc2c(cc(-c3ccccc3C)cc2OC)C1. The van der Waals surface area contributed by atoms with Gasteiger partial charge in [-0.1, -0.05) is 24.3 Å². The average molecular weight is 326 g/mol. The molecule has 3 rings (SSSR count). The van der Waals surface area contributed by atoms with Gasteiger partial charge in [-0.15, -0.1) is 0 Å². The lowest BCUT2D eigenvalue weighted by molar-refractivity contribution is 0.189. The van der Waals surface area contributed by atoms with Crippen LogP contribution < -0.4 is 14.8 Å². The molecule has 126 valence electrons. The van der Waals surface area contributed by atoms with Crippen LogP contribution in [-0.2, 0) is 6.54 Å². The van der Waals surface area contributed by atoms with Crippen molar-refractivity contribution < 1.29 is 14.3 Å². The van der Waals surface area contributed by atoms with Gasteiger partial charge in [0, 0.05) is 12.6 Å². The quantitative estimate of drug-likeness (QED) is 0.922. The van der Waals surface area contributed by atoms with Gasteiger partial charge in [0.25, 0.3) is 0 Å². The second kappa shape index (κ2) is 6.83. The minimum Gasteiger partial charge on any atom is -0.493 e. The molecule has 0 saturated carbocycles. The van der Waals surface area contributed by atoms with Gasteiger partial charge in [-0.25, -0.2) is 4.79 Å². The molecule has 24 heavy (non-hydrogen) atoms. The largest absolute Gasteiger partial charge is 0.493 e. The molecule has 1 aliphatic heterocycles. The molecule has 0 saturated heterocycles. The first-order chi connectivity index (χ1) is 11.6. The molecular formula is C19H22N2O3. The van der Waals surface area contributed by atoms with Crippen LogP contribution in [0.25, 0.3) is 11.1 Å². The summed E-state index contributed by atoms with van der Waals surface area (Å²) in [5.74, 6) is 1.42. The number of benzene rings is 2. The molecule has 0 fully saturated rings. The summed E-state index contributed by atoms with van der Waals surface area (Å²) in [5.41, 5.74) is 4.35. The molecule has 0 aliphatic carbocycles. The Kier molecular flexibility index (Phi) is 4.60. The smallest absolute Gasteiger partial charge is 0.317 e. The molecule has 5 heteroatoms. The molecule has 1 heterocycles. The molecule has 0 bridgehead atoms. The summed E-state index contributed by atoms with van der Waals surface area (Å²) in [7, 11) is 3.28. The van der Waals surface area contributed by atoms with E-state index in [-0.39, 0.29) is 6.03 Å². The first-order valence-electron chi connectivity index (χ1n) is 8.00. The number of urea groups is 1. The number of carbonyl (C=O) groups is 1. The van der Waals surface area contributed by atoms with Crippen LogP contribution in [0.2, 0.25) is 0 Å². The molecule has 0 unspecified atom stereocenters. The molecule has 2 aromatic carbocycles. The maximum absolute atomic E-state index is 12.0. The minimum absolute atomic E-state index is 0.105. The van der Waals surface area contributed by atoms with Crippen LogP contribution in [0.3, 0.4) is 0 Å². The maximum Gasteiger partial charge on any atom is 0.317 e. The second-order valence-corrected chi connectivity index (χ2v) is 5.81. The fourth-order valence-electron chi connectivity index (χ4n) is 3.02. The van der Waals surface area contributed by atoms with Crippen LogP contribution in [-0.4, -0.2) is 38.2 Å². The van der Waals surface area contributed by atoms with Gasteiger partial charge in [0.05, 0.1) is 20.2 Å². The van der Waals surface area contributed by atoms with Crippen molar-refractivity contribution in [2.75, 3.05) is 27.3 Å². The topological polar surface area (TPSA) is 50.8 Å². The van der Waals surface area contributed by atoms with Crippen molar-refractivity contribution in [3.05, 3.63) is 47.5 Å². The number of carbonyl (C=O) groups excluding carboxylic acids is 1. The Bertz CT molecular complexity index is 758. The van der Waals surface area contributed by atoms with Crippen LogP contribution in [0.4, 0.5) is 4.79 Å². The van der Waals surface area contributed by atoms with Gasteiger partial charge in [-0.3, -0.25) is 0 Å². The van der Waals surface area contributed by atoms with Gasteiger partial charge in [0.1, 0.15) is 6.61 Å².